The van der Waals surface area contributed by atoms with E-state index >= 15 is 0 Å². The number of alkyl halides is 3. The number of fused-ring (bicyclic) bond motifs is 3. The minimum Gasteiger partial charge on any atom is -0.456 e. The Labute approximate surface area is 197 Å². The van der Waals surface area contributed by atoms with Gasteiger partial charge in [-0.2, -0.15) is 13.2 Å². The lowest BCUT2D eigenvalue weighted by Gasteiger charge is -2.15. The number of nitro groups is 1. The van der Waals surface area contributed by atoms with Gasteiger partial charge in [0.15, 0.2) is 12.4 Å². The van der Waals surface area contributed by atoms with Gasteiger partial charge in [-0.3, -0.25) is 14.9 Å². The van der Waals surface area contributed by atoms with Crippen molar-refractivity contribution in [3.63, 3.8) is 0 Å². The van der Waals surface area contributed by atoms with Crippen molar-refractivity contribution in [2.75, 3.05) is 11.9 Å². The molecule has 0 amide bonds. The molecule has 4 rings (SSSR count). The summed E-state index contributed by atoms with van der Waals surface area (Å²) in [6.07, 6.45) is -3.98. The van der Waals surface area contributed by atoms with Crippen LogP contribution in [0.4, 0.5) is 24.5 Å². The second-order valence-electron chi connectivity index (χ2n) is 8.09. The van der Waals surface area contributed by atoms with E-state index in [1.54, 1.807) is 12.1 Å². The maximum absolute atomic E-state index is 12.9. The molecule has 35 heavy (non-hydrogen) atoms. The van der Waals surface area contributed by atoms with Crippen molar-refractivity contribution in [1.29, 1.82) is 0 Å². The van der Waals surface area contributed by atoms with Gasteiger partial charge in [-0.25, -0.2) is 4.79 Å². The first-order valence-electron chi connectivity index (χ1n) is 10.6. The van der Waals surface area contributed by atoms with Gasteiger partial charge in [-0.1, -0.05) is 36.4 Å². The van der Waals surface area contributed by atoms with Gasteiger partial charge >= 0.3 is 12.1 Å². The molecule has 3 aromatic carbocycles. The molecule has 1 unspecified atom stereocenters. The molecule has 7 nitrogen and oxygen atoms in total. The Morgan fingerprint density at radius 3 is 2.49 bits per heavy atom. The highest BCUT2D eigenvalue weighted by Gasteiger charge is 2.33. The number of esters is 1. The highest BCUT2D eigenvalue weighted by molar-refractivity contribution is 6.00. The predicted octanol–water partition coefficient (Wildman–Crippen LogP) is 5.41. The van der Waals surface area contributed by atoms with E-state index in [4.69, 9.17) is 4.74 Å². The van der Waals surface area contributed by atoms with Gasteiger partial charge in [0.1, 0.15) is 11.7 Å². The van der Waals surface area contributed by atoms with Gasteiger partial charge < -0.3 is 10.1 Å². The van der Waals surface area contributed by atoms with E-state index in [1.165, 1.54) is 6.92 Å². The van der Waals surface area contributed by atoms with Gasteiger partial charge in [0.25, 0.3) is 5.69 Å². The molecule has 180 valence electrons. The normalized spacial score (nSPS) is 12.9. The number of anilines is 1. The first kappa shape index (κ1) is 23.9. The molecule has 0 aliphatic heterocycles. The molecular weight excluding hydrogens is 465 g/mol. The summed E-state index contributed by atoms with van der Waals surface area (Å²) in [5, 5.41) is 13.7. The summed E-state index contributed by atoms with van der Waals surface area (Å²) in [5.41, 5.74) is 2.31. The summed E-state index contributed by atoms with van der Waals surface area (Å²) < 4.78 is 43.7. The number of halogens is 3. The number of hydrogen-bond donors (Lipinski definition) is 1. The van der Waals surface area contributed by atoms with Crippen LogP contribution in [-0.2, 0) is 22.1 Å². The number of carbonyl (C=O) groups excluding carboxylic acids is 2. The number of ether oxygens (including phenoxy) is 1. The van der Waals surface area contributed by atoms with Crippen molar-refractivity contribution in [3.8, 4) is 11.1 Å². The zero-order chi connectivity index (χ0) is 25.3. The molecule has 3 aromatic rings. The highest BCUT2D eigenvalue weighted by atomic mass is 19.4. The Morgan fingerprint density at radius 2 is 1.77 bits per heavy atom. The lowest BCUT2D eigenvalue weighted by atomic mass is 10.0. The number of nitrogens with zero attached hydrogens (tertiary/aromatic N) is 1. The zero-order valence-electron chi connectivity index (χ0n) is 18.4. The Hall–Kier alpha value is -4.21. The van der Waals surface area contributed by atoms with E-state index in [0.717, 1.165) is 34.7 Å². The first-order valence-corrected chi connectivity index (χ1v) is 10.6. The number of benzene rings is 3. The summed E-state index contributed by atoms with van der Waals surface area (Å²) in [5.74, 6) is -1.32. The fraction of sp³-hybridized carbons (Fsp3) is 0.200. The Kier molecular flexibility index (Phi) is 6.29. The molecular formula is C25H19F3N2O5. The van der Waals surface area contributed by atoms with E-state index in [9.17, 15) is 32.9 Å². The first-order chi connectivity index (χ1) is 16.5. The number of rotatable bonds is 7. The standard InChI is InChI=1S/C25H19F3N2O5/c1-14(29-21-9-8-18(25(26,27)28)12-22(21)30(33)34)24(32)35-13-23(31)17-7-6-16-10-15-4-2-3-5-19(15)20(16)11-17/h2-9,11-12,14,29H,10,13H2,1H3. The predicted molar refractivity (Wildman–Crippen MR) is 121 cm³/mol. The van der Waals surface area contributed by atoms with Crippen molar-refractivity contribution in [2.24, 2.45) is 0 Å². The highest BCUT2D eigenvalue weighted by Crippen LogP contribution is 2.37. The fourth-order valence-electron chi connectivity index (χ4n) is 3.92. The molecule has 10 heteroatoms. The quantitative estimate of drug-likeness (QED) is 0.163. The average Bonchev–Trinajstić information content (AvgIpc) is 3.19. The van der Waals surface area contributed by atoms with E-state index < -0.39 is 46.8 Å². The van der Waals surface area contributed by atoms with Crippen LogP contribution in [0, 0.1) is 10.1 Å². The molecule has 0 bridgehead atoms. The molecule has 0 radical (unpaired) electrons. The van der Waals surface area contributed by atoms with Gasteiger partial charge in [0, 0.05) is 11.6 Å². The summed E-state index contributed by atoms with van der Waals surface area (Å²) >= 11 is 0. The van der Waals surface area contributed by atoms with Crippen molar-refractivity contribution >= 4 is 23.1 Å². The van der Waals surface area contributed by atoms with E-state index in [-0.39, 0.29) is 5.69 Å². The molecule has 0 spiro atoms. The van der Waals surface area contributed by atoms with Crippen LogP contribution in [0.2, 0.25) is 0 Å². The van der Waals surface area contributed by atoms with Crippen molar-refractivity contribution < 1.29 is 32.4 Å². The zero-order valence-corrected chi connectivity index (χ0v) is 18.4. The topological polar surface area (TPSA) is 98.5 Å². The minimum absolute atomic E-state index is 0.281. The number of nitro benzene ring substituents is 1. The van der Waals surface area contributed by atoms with Gasteiger partial charge in [-0.15, -0.1) is 0 Å². The Morgan fingerprint density at radius 1 is 1.06 bits per heavy atom. The molecule has 0 fully saturated rings. The third kappa shape index (κ3) is 5.01. The van der Waals surface area contributed by atoms with Crippen molar-refractivity contribution in [1.82, 2.24) is 0 Å². The largest absolute Gasteiger partial charge is 0.456 e. The van der Waals surface area contributed by atoms with Crippen molar-refractivity contribution in [3.05, 3.63) is 93.0 Å². The Balaban J connectivity index is 1.41. The maximum Gasteiger partial charge on any atom is 0.416 e. The van der Waals surface area contributed by atoms with Crippen LogP contribution in [0.25, 0.3) is 11.1 Å². The van der Waals surface area contributed by atoms with Crippen LogP contribution < -0.4 is 5.32 Å². The molecule has 1 N–H and O–H groups in total. The van der Waals surface area contributed by atoms with E-state index in [1.807, 2.05) is 30.3 Å². The average molecular weight is 484 g/mol. The molecule has 0 heterocycles. The molecule has 1 aliphatic carbocycles. The van der Waals surface area contributed by atoms with Crippen LogP contribution in [0.15, 0.2) is 60.7 Å². The SMILES string of the molecule is CC(Nc1ccc(C(F)(F)F)cc1[N+](=O)[O-])C(=O)OCC(=O)c1ccc2c(c1)-c1ccccc1C2. The lowest BCUT2D eigenvalue weighted by Crippen LogP contribution is -2.30. The van der Waals surface area contributed by atoms with Crippen LogP contribution in [-0.4, -0.2) is 29.3 Å². The number of hydrogen-bond acceptors (Lipinski definition) is 6. The van der Waals surface area contributed by atoms with Gasteiger partial charge in [-0.05, 0) is 53.8 Å². The Bertz CT molecular complexity index is 1340. The van der Waals surface area contributed by atoms with Gasteiger partial charge in [0.2, 0.25) is 0 Å². The molecule has 0 saturated carbocycles. The second kappa shape index (κ2) is 9.21. The fourth-order valence-corrected chi connectivity index (χ4v) is 3.92. The van der Waals surface area contributed by atoms with Gasteiger partial charge in [0.05, 0.1) is 10.5 Å². The molecule has 1 aliphatic rings. The number of ketones is 1. The monoisotopic (exact) mass is 484 g/mol. The smallest absolute Gasteiger partial charge is 0.416 e. The molecule has 0 saturated heterocycles. The summed E-state index contributed by atoms with van der Waals surface area (Å²) in [6.45, 7) is 0.765. The third-order valence-electron chi connectivity index (χ3n) is 5.71. The molecule has 1 atom stereocenters. The second-order valence-corrected chi connectivity index (χ2v) is 8.09. The summed E-state index contributed by atoms with van der Waals surface area (Å²) in [6, 6.07) is 13.9. The van der Waals surface area contributed by atoms with E-state index in [0.29, 0.717) is 17.7 Å². The number of carbonyl (C=O) groups is 2. The summed E-state index contributed by atoms with van der Waals surface area (Å²) in [4.78, 5) is 35.2. The molecule has 0 aromatic heterocycles. The number of Topliss-reactive ketones (excluding diaryl/α,β-unsaturated/α-hetero) is 1. The maximum atomic E-state index is 12.9. The third-order valence-corrected chi connectivity index (χ3v) is 5.71. The van der Waals surface area contributed by atoms with Crippen molar-refractivity contribution in [2.45, 2.75) is 25.6 Å². The van der Waals surface area contributed by atoms with Crippen LogP contribution in [0.3, 0.4) is 0 Å². The van der Waals surface area contributed by atoms with Crippen LogP contribution in [0.1, 0.15) is 34.0 Å². The number of nitrogens with one attached hydrogen (secondary N) is 1. The lowest BCUT2D eigenvalue weighted by molar-refractivity contribution is -0.384. The van der Waals surface area contributed by atoms with Crippen LogP contribution in [0.5, 0.6) is 0 Å². The minimum atomic E-state index is -4.76. The van der Waals surface area contributed by atoms with Crippen LogP contribution >= 0.6 is 0 Å². The van der Waals surface area contributed by atoms with E-state index in [2.05, 4.69) is 5.32 Å². The summed E-state index contributed by atoms with van der Waals surface area (Å²) in [7, 11) is 0.